The van der Waals surface area contributed by atoms with Gasteiger partial charge in [0.2, 0.25) is 0 Å². The zero-order valence-corrected chi connectivity index (χ0v) is 13.8. The third kappa shape index (κ3) is 3.27. The Labute approximate surface area is 138 Å². The first-order chi connectivity index (χ1) is 11.3. The highest BCUT2D eigenvalue weighted by molar-refractivity contribution is 5.37. The van der Waals surface area contributed by atoms with Gasteiger partial charge in [-0.2, -0.15) is 5.10 Å². The summed E-state index contributed by atoms with van der Waals surface area (Å²) < 4.78 is 8.07. The molecule has 0 atom stereocenters. The van der Waals surface area contributed by atoms with Crippen LogP contribution in [0.1, 0.15) is 37.7 Å². The molecule has 0 bridgehead atoms. The number of nitrogens with zero attached hydrogens (tertiary/aromatic N) is 3. The standard InChI is InChI=1S/C19H25N3O/c1-15-13-20-22(14-15)17-5-7-18(8-6-17)23-19-9-11-21(12-10-19)16-3-2-4-16/h5-8,13-14,16,19H,2-4,9-12H2,1H3. The molecule has 0 spiro atoms. The zero-order valence-electron chi connectivity index (χ0n) is 13.8. The fourth-order valence-corrected chi connectivity index (χ4v) is 3.53. The lowest BCUT2D eigenvalue weighted by atomic mass is 9.90. The van der Waals surface area contributed by atoms with Crippen molar-refractivity contribution in [2.24, 2.45) is 0 Å². The molecule has 2 aliphatic rings. The van der Waals surface area contributed by atoms with Crippen LogP contribution >= 0.6 is 0 Å². The summed E-state index contributed by atoms with van der Waals surface area (Å²) in [7, 11) is 0. The van der Waals surface area contributed by atoms with E-state index in [1.54, 1.807) is 0 Å². The lowest BCUT2D eigenvalue weighted by molar-refractivity contribution is 0.0493. The van der Waals surface area contributed by atoms with Gasteiger partial charge in [0.05, 0.1) is 11.9 Å². The van der Waals surface area contributed by atoms with Crippen molar-refractivity contribution >= 4 is 0 Å². The number of piperidine rings is 1. The van der Waals surface area contributed by atoms with Crippen LogP contribution in [-0.2, 0) is 0 Å². The Hall–Kier alpha value is -1.81. The minimum atomic E-state index is 0.365. The van der Waals surface area contributed by atoms with Gasteiger partial charge in [-0.15, -0.1) is 0 Å². The maximum Gasteiger partial charge on any atom is 0.119 e. The normalized spacial score (nSPS) is 20.4. The van der Waals surface area contributed by atoms with Crippen molar-refractivity contribution in [1.82, 2.24) is 14.7 Å². The van der Waals surface area contributed by atoms with Crippen molar-refractivity contribution in [2.75, 3.05) is 13.1 Å². The fraction of sp³-hybridized carbons (Fsp3) is 0.526. The molecule has 0 N–H and O–H groups in total. The van der Waals surface area contributed by atoms with Gasteiger partial charge < -0.3 is 9.64 Å². The highest BCUT2D eigenvalue weighted by Crippen LogP contribution is 2.28. The summed E-state index contributed by atoms with van der Waals surface area (Å²) in [6, 6.07) is 9.14. The predicted octanol–water partition coefficient (Wildman–Crippen LogP) is 3.58. The third-order valence-corrected chi connectivity index (χ3v) is 5.18. The first-order valence-electron chi connectivity index (χ1n) is 8.80. The van der Waals surface area contributed by atoms with Crippen LogP contribution in [0.5, 0.6) is 5.75 Å². The largest absolute Gasteiger partial charge is 0.490 e. The summed E-state index contributed by atoms with van der Waals surface area (Å²) in [6.45, 7) is 4.44. The van der Waals surface area contributed by atoms with Crippen molar-refractivity contribution in [3.05, 3.63) is 42.2 Å². The lowest BCUT2D eigenvalue weighted by Crippen LogP contribution is -2.46. The van der Waals surface area contributed by atoms with Crippen molar-refractivity contribution in [2.45, 2.75) is 51.2 Å². The van der Waals surface area contributed by atoms with Crippen LogP contribution in [0.15, 0.2) is 36.7 Å². The molecule has 2 aromatic rings. The summed E-state index contributed by atoms with van der Waals surface area (Å²) in [4.78, 5) is 2.66. The van der Waals surface area contributed by atoms with Crippen LogP contribution in [0.25, 0.3) is 5.69 Å². The van der Waals surface area contributed by atoms with Crippen LogP contribution < -0.4 is 4.74 Å². The Bertz CT molecular complexity index is 637. The zero-order chi connectivity index (χ0) is 15.6. The van der Waals surface area contributed by atoms with Gasteiger partial charge >= 0.3 is 0 Å². The molecule has 4 rings (SSSR count). The van der Waals surface area contributed by atoms with Crippen molar-refractivity contribution < 1.29 is 4.74 Å². The Morgan fingerprint density at radius 2 is 1.78 bits per heavy atom. The highest BCUT2D eigenvalue weighted by atomic mass is 16.5. The predicted molar refractivity (Wildman–Crippen MR) is 91.2 cm³/mol. The van der Waals surface area contributed by atoms with Gasteiger partial charge in [0.15, 0.2) is 0 Å². The SMILES string of the molecule is Cc1cnn(-c2ccc(OC3CCN(C4CCC4)CC3)cc2)c1. The maximum atomic E-state index is 6.17. The molecule has 1 aliphatic heterocycles. The van der Waals surface area contributed by atoms with E-state index in [2.05, 4.69) is 41.2 Å². The molecule has 0 radical (unpaired) electrons. The molecular weight excluding hydrogens is 286 g/mol. The number of aromatic nitrogens is 2. The molecule has 2 fully saturated rings. The van der Waals surface area contributed by atoms with E-state index < -0.39 is 0 Å². The van der Waals surface area contributed by atoms with Gasteiger partial charge in [-0.25, -0.2) is 4.68 Å². The smallest absolute Gasteiger partial charge is 0.119 e. The Kier molecular flexibility index (Phi) is 4.08. The highest BCUT2D eigenvalue weighted by Gasteiger charge is 2.29. The van der Waals surface area contributed by atoms with Gasteiger partial charge in [0.25, 0.3) is 0 Å². The fourth-order valence-electron chi connectivity index (χ4n) is 3.53. The number of benzene rings is 1. The number of likely N-dealkylation sites (tertiary alicyclic amines) is 1. The molecule has 1 aromatic heterocycles. The second kappa shape index (κ2) is 6.36. The topological polar surface area (TPSA) is 30.3 Å². The molecule has 122 valence electrons. The Morgan fingerprint density at radius 1 is 1.04 bits per heavy atom. The maximum absolute atomic E-state index is 6.17. The summed E-state index contributed by atoms with van der Waals surface area (Å²) in [5.74, 6) is 0.972. The monoisotopic (exact) mass is 311 g/mol. The van der Waals surface area contributed by atoms with Gasteiger partial charge in [0.1, 0.15) is 11.9 Å². The van der Waals surface area contributed by atoms with E-state index >= 15 is 0 Å². The lowest BCUT2D eigenvalue weighted by Gasteiger charge is -2.41. The molecule has 1 saturated carbocycles. The number of hydrogen-bond donors (Lipinski definition) is 0. The van der Waals surface area contributed by atoms with Gasteiger partial charge in [-0.1, -0.05) is 6.42 Å². The molecule has 1 aromatic carbocycles. The molecule has 4 heteroatoms. The summed E-state index contributed by atoms with van der Waals surface area (Å²) in [6.07, 6.45) is 10.8. The van der Waals surface area contributed by atoms with Gasteiger partial charge in [-0.05, 0) is 62.4 Å². The van der Waals surface area contributed by atoms with E-state index in [0.29, 0.717) is 6.10 Å². The van der Waals surface area contributed by atoms with Gasteiger partial charge in [-0.3, -0.25) is 0 Å². The molecule has 0 unspecified atom stereocenters. The average molecular weight is 311 g/mol. The summed E-state index contributed by atoms with van der Waals surface area (Å²) in [5.41, 5.74) is 2.24. The quantitative estimate of drug-likeness (QED) is 0.864. The molecule has 1 saturated heterocycles. The second-order valence-electron chi connectivity index (χ2n) is 6.89. The minimum Gasteiger partial charge on any atom is -0.490 e. The van der Waals surface area contributed by atoms with E-state index in [0.717, 1.165) is 30.3 Å². The van der Waals surface area contributed by atoms with Crippen LogP contribution in [0.4, 0.5) is 0 Å². The summed E-state index contributed by atoms with van der Waals surface area (Å²) >= 11 is 0. The molecular formula is C19H25N3O. The van der Waals surface area contributed by atoms with Gasteiger partial charge in [0, 0.05) is 25.3 Å². The first kappa shape index (κ1) is 14.8. The van der Waals surface area contributed by atoms with E-state index in [9.17, 15) is 0 Å². The Morgan fingerprint density at radius 3 is 2.35 bits per heavy atom. The molecule has 4 nitrogen and oxygen atoms in total. The van der Waals surface area contributed by atoms with E-state index in [4.69, 9.17) is 4.74 Å². The molecule has 23 heavy (non-hydrogen) atoms. The molecule has 1 aliphatic carbocycles. The summed E-state index contributed by atoms with van der Waals surface area (Å²) in [5, 5.41) is 4.34. The second-order valence-corrected chi connectivity index (χ2v) is 6.89. The van der Waals surface area contributed by atoms with Crippen molar-refractivity contribution in [3.8, 4) is 11.4 Å². The van der Waals surface area contributed by atoms with Crippen molar-refractivity contribution in [1.29, 1.82) is 0 Å². The average Bonchev–Trinajstić information content (AvgIpc) is 2.95. The first-order valence-corrected chi connectivity index (χ1v) is 8.80. The Balaban J connectivity index is 1.32. The number of rotatable bonds is 4. The van der Waals surface area contributed by atoms with E-state index in [-0.39, 0.29) is 0 Å². The molecule has 0 amide bonds. The van der Waals surface area contributed by atoms with Crippen LogP contribution in [0.2, 0.25) is 0 Å². The van der Waals surface area contributed by atoms with Crippen LogP contribution in [0.3, 0.4) is 0 Å². The number of aryl methyl sites for hydroxylation is 1. The van der Waals surface area contributed by atoms with E-state index in [1.807, 2.05) is 17.1 Å². The third-order valence-electron chi connectivity index (χ3n) is 5.18. The minimum absolute atomic E-state index is 0.365. The van der Waals surface area contributed by atoms with Crippen LogP contribution in [0, 0.1) is 6.92 Å². The number of hydrogen-bond acceptors (Lipinski definition) is 3. The number of ether oxygens (including phenoxy) is 1. The molecule has 2 heterocycles. The van der Waals surface area contributed by atoms with E-state index in [1.165, 1.54) is 37.9 Å². The van der Waals surface area contributed by atoms with Crippen LogP contribution in [-0.4, -0.2) is 39.9 Å². The van der Waals surface area contributed by atoms with Crippen molar-refractivity contribution in [3.63, 3.8) is 0 Å².